The van der Waals surface area contributed by atoms with Gasteiger partial charge in [0.15, 0.2) is 5.78 Å². The molecule has 21 heavy (non-hydrogen) atoms. The molecule has 1 aliphatic rings. The number of hydrogen-bond donors (Lipinski definition) is 0. The van der Waals surface area contributed by atoms with Crippen molar-refractivity contribution >= 4 is 11.9 Å². The van der Waals surface area contributed by atoms with Gasteiger partial charge in [-0.3, -0.25) is 4.79 Å². The predicted molar refractivity (Wildman–Crippen MR) is 84.7 cm³/mol. The molecule has 1 aliphatic heterocycles. The Bertz CT molecular complexity index is 657. The molecule has 0 N–H and O–H groups in total. The fourth-order valence-corrected chi connectivity index (χ4v) is 2.48. The van der Waals surface area contributed by atoms with Crippen molar-refractivity contribution in [3.05, 3.63) is 71.3 Å². The van der Waals surface area contributed by atoms with Gasteiger partial charge in [-0.2, -0.15) is 0 Å². The number of allylic oxidation sites excluding steroid dienone is 1. The molecule has 2 aromatic rings. The predicted octanol–water partition coefficient (Wildman–Crippen LogP) is 4.30. The van der Waals surface area contributed by atoms with Crippen molar-refractivity contribution in [2.24, 2.45) is 0 Å². The quantitative estimate of drug-likeness (QED) is 0.618. The smallest absolute Gasteiger partial charge is 0.185 e. The molecule has 2 nitrogen and oxygen atoms in total. The number of rotatable bonds is 3. The minimum Gasteiger partial charge on any atom is -0.493 e. The first-order valence-corrected chi connectivity index (χ1v) is 7.36. The largest absolute Gasteiger partial charge is 0.493 e. The van der Waals surface area contributed by atoms with Crippen molar-refractivity contribution < 1.29 is 9.53 Å². The Kier molecular flexibility index (Phi) is 4.15. The number of fused-ring (bicyclic) bond motifs is 1. The lowest BCUT2D eigenvalue weighted by Crippen LogP contribution is -1.99. The summed E-state index contributed by atoms with van der Waals surface area (Å²) in [5.74, 6) is 0.876. The summed E-state index contributed by atoms with van der Waals surface area (Å²) in [6.45, 7) is 0.741. The van der Waals surface area contributed by atoms with Gasteiger partial charge in [-0.1, -0.05) is 48.5 Å². The Morgan fingerprint density at radius 1 is 1.05 bits per heavy atom. The lowest BCUT2D eigenvalue weighted by Gasteiger charge is -2.08. The van der Waals surface area contributed by atoms with Crippen LogP contribution in [-0.2, 0) is 6.42 Å². The highest BCUT2D eigenvalue weighted by Crippen LogP contribution is 2.25. The third kappa shape index (κ3) is 3.40. The molecular weight excluding hydrogens is 260 g/mol. The second-order valence-corrected chi connectivity index (χ2v) is 5.24. The van der Waals surface area contributed by atoms with Crippen LogP contribution in [-0.4, -0.2) is 12.4 Å². The molecule has 0 aromatic heterocycles. The number of carbonyl (C=O) groups excluding carboxylic acids is 1. The van der Waals surface area contributed by atoms with Crippen LogP contribution >= 0.6 is 0 Å². The molecule has 2 aromatic carbocycles. The first-order valence-electron chi connectivity index (χ1n) is 7.36. The second kappa shape index (κ2) is 6.40. The van der Waals surface area contributed by atoms with E-state index in [2.05, 4.69) is 0 Å². The summed E-state index contributed by atoms with van der Waals surface area (Å²) in [5, 5.41) is 0. The van der Waals surface area contributed by atoms with Gasteiger partial charge in [0.05, 0.1) is 6.61 Å². The van der Waals surface area contributed by atoms with E-state index in [1.165, 1.54) is 5.56 Å². The van der Waals surface area contributed by atoms with Crippen molar-refractivity contribution in [3.63, 3.8) is 0 Å². The summed E-state index contributed by atoms with van der Waals surface area (Å²) in [5.41, 5.74) is 2.91. The summed E-state index contributed by atoms with van der Waals surface area (Å²) in [4.78, 5) is 12.2. The minimum atomic E-state index is 0.00880. The van der Waals surface area contributed by atoms with Gasteiger partial charge in [0.1, 0.15) is 5.75 Å². The van der Waals surface area contributed by atoms with Crippen LogP contribution in [0.2, 0.25) is 0 Å². The van der Waals surface area contributed by atoms with Crippen molar-refractivity contribution in [1.82, 2.24) is 0 Å². The van der Waals surface area contributed by atoms with Gasteiger partial charge in [0.2, 0.25) is 0 Å². The molecule has 0 unspecified atom stereocenters. The van der Waals surface area contributed by atoms with Crippen LogP contribution in [0.25, 0.3) is 6.08 Å². The lowest BCUT2D eigenvalue weighted by molar-refractivity contribution is 0.104. The third-order valence-electron chi connectivity index (χ3n) is 3.68. The van der Waals surface area contributed by atoms with E-state index in [0.29, 0.717) is 5.56 Å². The van der Waals surface area contributed by atoms with Crippen LogP contribution in [0.3, 0.4) is 0 Å². The molecule has 3 rings (SSSR count). The number of benzene rings is 2. The van der Waals surface area contributed by atoms with Crippen molar-refractivity contribution in [2.75, 3.05) is 6.61 Å². The summed E-state index contributed by atoms with van der Waals surface area (Å²) < 4.78 is 5.73. The SMILES string of the molecule is O=C(/C=C/c1ccccc1)c1ccc2c(c1)OCCCC2. The van der Waals surface area contributed by atoms with Gasteiger partial charge in [0, 0.05) is 5.56 Å². The van der Waals surface area contributed by atoms with Crippen LogP contribution < -0.4 is 4.74 Å². The van der Waals surface area contributed by atoms with E-state index < -0.39 is 0 Å². The van der Waals surface area contributed by atoms with E-state index >= 15 is 0 Å². The maximum atomic E-state index is 12.2. The van der Waals surface area contributed by atoms with E-state index in [1.807, 2.05) is 54.6 Å². The summed E-state index contributed by atoms with van der Waals surface area (Å²) in [6.07, 6.45) is 6.71. The average molecular weight is 278 g/mol. The van der Waals surface area contributed by atoms with Gasteiger partial charge in [-0.25, -0.2) is 0 Å². The highest BCUT2D eigenvalue weighted by atomic mass is 16.5. The first kappa shape index (κ1) is 13.6. The van der Waals surface area contributed by atoms with E-state index in [1.54, 1.807) is 6.08 Å². The summed E-state index contributed by atoms with van der Waals surface area (Å²) in [6, 6.07) is 15.6. The van der Waals surface area contributed by atoms with Gasteiger partial charge in [-0.05, 0) is 42.5 Å². The summed E-state index contributed by atoms with van der Waals surface area (Å²) >= 11 is 0. The molecule has 0 atom stereocenters. The molecule has 0 saturated heterocycles. The minimum absolute atomic E-state index is 0.00880. The Morgan fingerprint density at radius 3 is 2.76 bits per heavy atom. The van der Waals surface area contributed by atoms with Gasteiger partial charge in [-0.15, -0.1) is 0 Å². The average Bonchev–Trinajstić information content (AvgIpc) is 2.78. The van der Waals surface area contributed by atoms with Crippen LogP contribution in [0.1, 0.15) is 34.3 Å². The number of ether oxygens (including phenoxy) is 1. The first-order chi connectivity index (χ1) is 10.3. The third-order valence-corrected chi connectivity index (χ3v) is 3.68. The van der Waals surface area contributed by atoms with Crippen molar-refractivity contribution in [3.8, 4) is 5.75 Å². The molecule has 106 valence electrons. The van der Waals surface area contributed by atoms with Gasteiger partial charge < -0.3 is 4.74 Å². The molecule has 0 aliphatic carbocycles. The molecule has 0 amide bonds. The van der Waals surface area contributed by atoms with Gasteiger partial charge >= 0.3 is 0 Å². The van der Waals surface area contributed by atoms with Crippen LogP contribution in [0.15, 0.2) is 54.6 Å². The zero-order valence-corrected chi connectivity index (χ0v) is 11.9. The second-order valence-electron chi connectivity index (χ2n) is 5.24. The van der Waals surface area contributed by atoms with E-state index in [4.69, 9.17) is 4.74 Å². The number of carbonyl (C=O) groups is 1. The number of aryl methyl sites for hydroxylation is 1. The van der Waals surface area contributed by atoms with Crippen molar-refractivity contribution in [2.45, 2.75) is 19.3 Å². The summed E-state index contributed by atoms with van der Waals surface area (Å²) in [7, 11) is 0. The van der Waals surface area contributed by atoms with Gasteiger partial charge in [0.25, 0.3) is 0 Å². The Balaban J connectivity index is 1.79. The Labute approximate surface area is 125 Å². The number of ketones is 1. The zero-order valence-electron chi connectivity index (χ0n) is 11.9. The highest BCUT2D eigenvalue weighted by molar-refractivity contribution is 6.07. The molecule has 0 radical (unpaired) electrons. The van der Waals surface area contributed by atoms with E-state index in [-0.39, 0.29) is 5.78 Å². The van der Waals surface area contributed by atoms with Crippen LogP contribution in [0.4, 0.5) is 0 Å². The molecule has 0 spiro atoms. The Morgan fingerprint density at radius 2 is 1.90 bits per heavy atom. The molecule has 0 saturated carbocycles. The standard InChI is InChI=1S/C19H18O2/c20-18(12-9-15-6-2-1-3-7-15)17-11-10-16-8-4-5-13-21-19(16)14-17/h1-3,6-7,9-12,14H,4-5,8,13H2/b12-9+. The number of hydrogen-bond acceptors (Lipinski definition) is 2. The lowest BCUT2D eigenvalue weighted by atomic mass is 10.0. The van der Waals surface area contributed by atoms with Crippen LogP contribution in [0.5, 0.6) is 5.75 Å². The van der Waals surface area contributed by atoms with E-state index in [0.717, 1.165) is 37.2 Å². The van der Waals surface area contributed by atoms with E-state index in [9.17, 15) is 4.79 Å². The van der Waals surface area contributed by atoms with Crippen molar-refractivity contribution in [1.29, 1.82) is 0 Å². The fraction of sp³-hybridized carbons (Fsp3) is 0.211. The fourth-order valence-electron chi connectivity index (χ4n) is 2.48. The maximum Gasteiger partial charge on any atom is 0.185 e. The normalized spacial score (nSPS) is 14.3. The zero-order chi connectivity index (χ0) is 14.5. The monoisotopic (exact) mass is 278 g/mol. The topological polar surface area (TPSA) is 26.3 Å². The molecule has 1 heterocycles. The molecule has 0 fully saturated rings. The molecular formula is C19H18O2. The Hall–Kier alpha value is -2.35. The molecule has 2 heteroatoms. The molecule has 0 bridgehead atoms. The maximum absolute atomic E-state index is 12.2. The van der Waals surface area contributed by atoms with Crippen LogP contribution in [0, 0.1) is 0 Å². The highest BCUT2D eigenvalue weighted by Gasteiger charge is 2.11.